The van der Waals surface area contributed by atoms with E-state index in [1.807, 2.05) is 0 Å². The first-order chi connectivity index (χ1) is 9.76. The third-order valence-electron chi connectivity index (χ3n) is 2.49. The summed E-state index contributed by atoms with van der Waals surface area (Å²) in [5.41, 5.74) is 6.21. The van der Waals surface area contributed by atoms with Gasteiger partial charge in [-0.15, -0.1) is 0 Å². The molecule has 0 bridgehead atoms. The van der Waals surface area contributed by atoms with Crippen LogP contribution >= 0.6 is 0 Å². The lowest BCUT2D eigenvalue weighted by molar-refractivity contribution is 0.0635. The number of anilines is 2. The summed E-state index contributed by atoms with van der Waals surface area (Å²) in [4.78, 5) is 11.7. The summed E-state index contributed by atoms with van der Waals surface area (Å²) in [7, 11) is 0. The monoisotopic (exact) mass is 291 g/mol. The van der Waals surface area contributed by atoms with Crippen LogP contribution in [0.3, 0.4) is 0 Å². The summed E-state index contributed by atoms with van der Waals surface area (Å²) in [6.45, 7) is 5.26. The maximum Gasteiger partial charge on any atom is 0.412 e. The summed E-state index contributed by atoms with van der Waals surface area (Å²) in [5, 5.41) is 16.0. The van der Waals surface area contributed by atoms with E-state index < -0.39 is 11.7 Å². The number of aromatic hydroxyl groups is 1. The Kier molecular flexibility index (Phi) is 3.75. The first-order valence-electron chi connectivity index (χ1n) is 6.30. The minimum absolute atomic E-state index is 0.130. The molecule has 0 saturated carbocycles. The number of hydrogen-bond acceptors (Lipinski definition) is 6. The number of phenols is 1. The number of amides is 1. The Balaban J connectivity index is 2.17. The van der Waals surface area contributed by atoms with E-state index in [-0.39, 0.29) is 11.4 Å². The fourth-order valence-electron chi connectivity index (χ4n) is 1.66. The smallest absolute Gasteiger partial charge is 0.412 e. The van der Waals surface area contributed by atoms with E-state index in [0.29, 0.717) is 17.0 Å². The average Bonchev–Trinajstić information content (AvgIpc) is 2.76. The summed E-state index contributed by atoms with van der Waals surface area (Å²) in [6.07, 6.45) is 0.726. The number of nitrogens with two attached hydrogens (primary N) is 1. The van der Waals surface area contributed by atoms with Crippen LogP contribution < -0.4 is 11.1 Å². The number of nitrogens with one attached hydrogen (secondary N) is 1. The molecule has 0 aliphatic carbocycles. The number of carbonyl (C=O) groups is 1. The molecule has 2 aromatic rings. The van der Waals surface area contributed by atoms with Gasteiger partial charge in [0.25, 0.3) is 0 Å². The van der Waals surface area contributed by atoms with Crippen molar-refractivity contribution in [3.05, 3.63) is 24.4 Å². The van der Waals surface area contributed by atoms with Crippen molar-refractivity contribution in [1.29, 1.82) is 0 Å². The number of nitrogens with zero attached hydrogens (tertiary/aromatic N) is 1. The van der Waals surface area contributed by atoms with Crippen LogP contribution in [0, 0.1) is 0 Å². The number of hydrogen-bond donors (Lipinski definition) is 3. The van der Waals surface area contributed by atoms with Crippen molar-refractivity contribution >= 4 is 17.5 Å². The molecule has 0 radical (unpaired) electrons. The van der Waals surface area contributed by atoms with E-state index >= 15 is 0 Å². The van der Waals surface area contributed by atoms with E-state index in [2.05, 4.69) is 10.5 Å². The largest absolute Gasteiger partial charge is 0.506 e. The molecule has 4 N–H and O–H groups in total. The molecule has 0 aliphatic rings. The molecule has 0 saturated heterocycles. The Bertz CT molecular complexity index is 658. The van der Waals surface area contributed by atoms with Crippen molar-refractivity contribution < 1.29 is 19.2 Å². The fourth-order valence-corrected chi connectivity index (χ4v) is 1.66. The van der Waals surface area contributed by atoms with Gasteiger partial charge >= 0.3 is 6.09 Å². The number of nitrogen functional groups attached to an aromatic ring is 1. The van der Waals surface area contributed by atoms with Gasteiger partial charge in [-0.2, -0.15) is 0 Å². The zero-order chi connectivity index (χ0) is 15.6. The normalized spacial score (nSPS) is 11.2. The predicted octanol–water partition coefficient (Wildman–Crippen LogP) is 2.98. The van der Waals surface area contributed by atoms with Crippen molar-refractivity contribution in [2.24, 2.45) is 0 Å². The average molecular weight is 291 g/mol. The SMILES string of the molecule is CC(C)(C)OC(=O)Nc1ccc(-c2oncc2N)cc1O. The molecule has 112 valence electrons. The lowest BCUT2D eigenvalue weighted by atomic mass is 10.1. The van der Waals surface area contributed by atoms with Crippen molar-refractivity contribution in [3.8, 4) is 17.1 Å². The first-order valence-corrected chi connectivity index (χ1v) is 6.30. The molecular weight excluding hydrogens is 274 g/mol. The summed E-state index contributed by atoms with van der Waals surface area (Å²) in [5.74, 6) is 0.225. The molecule has 0 spiro atoms. The fraction of sp³-hybridized carbons (Fsp3) is 0.286. The highest BCUT2D eigenvalue weighted by molar-refractivity contribution is 5.88. The van der Waals surface area contributed by atoms with Gasteiger partial charge in [-0.1, -0.05) is 5.16 Å². The van der Waals surface area contributed by atoms with Gasteiger partial charge in [0.2, 0.25) is 0 Å². The second-order valence-corrected chi connectivity index (χ2v) is 5.47. The van der Waals surface area contributed by atoms with Gasteiger partial charge in [0.15, 0.2) is 5.76 Å². The standard InChI is InChI=1S/C14H17N3O4/c1-14(2,3)20-13(19)17-10-5-4-8(6-11(10)18)12-9(15)7-16-21-12/h4-7,18H,15H2,1-3H3,(H,17,19). The van der Waals surface area contributed by atoms with E-state index in [9.17, 15) is 9.90 Å². The Morgan fingerprint density at radius 1 is 1.43 bits per heavy atom. The molecule has 1 amide bonds. The lowest BCUT2D eigenvalue weighted by Gasteiger charge is -2.20. The van der Waals surface area contributed by atoms with Gasteiger partial charge in [0, 0.05) is 5.56 Å². The molecule has 1 aromatic heterocycles. The summed E-state index contributed by atoms with van der Waals surface area (Å²) >= 11 is 0. The zero-order valence-electron chi connectivity index (χ0n) is 12.0. The van der Waals surface area contributed by atoms with Crippen molar-refractivity contribution in [2.45, 2.75) is 26.4 Å². The Morgan fingerprint density at radius 3 is 2.67 bits per heavy atom. The van der Waals surface area contributed by atoms with Crippen LogP contribution in [0.25, 0.3) is 11.3 Å². The molecule has 7 heteroatoms. The first kappa shape index (κ1) is 14.7. The Hall–Kier alpha value is -2.70. The molecule has 2 rings (SSSR count). The minimum Gasteiger partial charge on any atom is -0.506 e. The molecule has 1 heterocycles. The van der Waals surface area contributed by atoms with Crippen LogP contribution in [0.1, 0.15) is 20.8 Å². The van der Waals surface area contributed by atoms with Gasteiger partial charge in [-0.3, -0.25) is 5.32 Å². The zero-order valence-corrected chi connectivity index (χ0v) is 12.0. The van der Waals surface area contributed by atoms with Crippen LogP contribution in [0.4, 0.5) is 16.2 Å². The minimum atomic E-state index is -0.648. The maximum absolute atomic E-state index is 11.7. The highest BCUT2D eigenvalue weighted by Crippen LogP contribution is 2.32. The summed E-state index contributed by atoms with van der Waals surface area (Å²) < 4.78 is 10.1. The van der Waals surface area contributed by atoms with Crippen LogP contribution in [0.5, 0.6) is 5.75 Å². The van der Waals surface area contributed by atoms with Crippen molar-refractivity contribution in [3.63, 3.8) is 0 Å². The van der Waals surface area contributed by atoms with Crippen molar-refractivity contribution in [2.75, 3.05) is 11.1 Å². The molecule has 0 atom stereocenters. The Labute approximate surface area is 121 Å². The van der Waals surface area contributed by atoms with E-state index in [0.717, 1.165) is 0 Å². The van der Waals surface area contributed by atoms with Gasteiger partial charge in [0.1, 0.15) is 17.0 Å². The third kappa shape index (κ3) is 3.65. The van der Waals surface area contributed by atoms with E-state index in [1.54, 1.807) is 26.8 Å². The van der Waals surface area contributed by atoms with E-state index in [1.165, 1.54) is 18.3 Å². The molecule has 21 heavy (non-hydrogen) atoms. The summed E-state index contributed by atoms with van der Waals surface area (Å²) in [6, 6.07) is 4.59. The quantitative estimate of drug-likeness (QED) is 0.733. The third-order valence-corrected chi connectivity index (χ3v) is 2.49. The number of ether oxygens (including phenoxy) is 1. The molecule has 7 nitrogen and oxygen atoms in total. The Morgan fingerprint density at radius 2 is 2.14 bits per heavy atom. The molecule has 0 aliphatic heterocycles. The second kappa shape index (κ2) is 5.35. The molecular formula is C14H17N3O4. The predicted molar refractivity (Wildman–Crippen MR) is 77.9 cm³/mol. The van der Waals surface area contributed by atoms with Crippen LogP contribution in [0.15, 0.2) is 28.9 Å². The van der Waals surface area contributed by atoms with Gasteiger partial charge in [0.05, 0.1) is 11.9 Å². The van der Waals surface area contributed by atoms with Crippen molar-refractivity contribution in [1.82, 2.24) is 5.16 Å². The number of rotatable bonds is 2. The number of phenolic OH excluding ortho intramolecular Hbond substituents is 1. The second-order valence-electron chi connectivity index (χ2n) is 5.47. The van der Waals surface area contributed by atoms with Gasteiger partial charge in [-0.25, -0.2) is 4.79 Å². The maximum atomic E-state index is 11.7. The van der Waals surface area contributed by atoms with E-state index in [4.69, 9.17) is 15.0 Å². The highest BCUT2D eigenvalue weighted by Gasteiger charge is 2.18. The number of benzene rings is 1. The van der Waals surface area contributed by atoms with Gasteiger partial charge in [-0.05, 0) is 39.0 Å². The van der Waals surface area contributed by atoms with Crippen LogP contribution in [-0.2, 0) is 4.74 Å². The molecule has 0 fully saturated rings. The molecule has 0 unspecified atom stereocenters. The number of aromatic nitrogens is 1. The molecule has 1 aromatic carbocycles. The number of carbonyl (C=O) groups excluding carboxylic acids is 1. The van der Waals surface area contributed by atoms with Crippen LogP contribution in [-0.4, -0.2) is 22.0 Å². The topological polar surface area (TPSA) is 111 Å². The lowest BCUT2D eigenvalue weighted by Crippen LogP contribution is -2.27. The van der Waals surface area contributed by atoms with Crippen LogP contribution in [0.2, 0.25) is 0 Å². The highest BCUT2D eigenvalue weighted by atomic mass is 16.6. The van der Waals surface area contributed by atoms with Gasteiger partial charge < -0.3 is 20.1 Å².